The Morgan fingerprint density at radius 3 is 2.65 bits per heavy atom. The Labute approximate surface area is 202 Å². The Kier molecular flexibility index (Phi) is 5.75. The van der Waals surface area contributed by atoms with Crippen LogP contribution in [0.1, 0.15) is 24.9 Å². The fourth-order valence-electron chi connectivity index (χ4n) is 4.46. The number of amides is 1. The number of aromatic nitrogens is 5. The van der Waals surface area contributed by atoms with Gasteiger partial charge in [-0.25, -0.2) is 9.50 Å². The number of rotatable bonds is 7. The molecule has 1 amide bonds. The van der Waals surface area contributed by atoms with Crippen LogP contribution >= 0.6 is 11.6 Å². The molecule has 176 valence electrons. The van der Waals surface area contributed by atoms with Crippen molar-refractivity contribution in [1.29, 1.82) is 0 Å². The van der Waals surface area contributed by atoms with Crippen molar-refractivity contribution in [2.75, 3.05) is 24.6 Å². The molecule has 1 aromatic carbocycles. The Bertz CT molecular complexity index is 1320. The van der Waals surface area contributed by atoms with E-state index in [2.05, 4.69) is 25.4 Å². The van der Waals surface area contributed by atoms with Gasteiger partial charge >= 0.3 is 0 Å². The molecule has 1 saturated heterocycles. The largest absolute Gasteiger partial charge is 0.396 e. The zero-order valence-corrected chi connectivity index (χ0v) is 19.8. The van der Waals surface area contributed by atoms with Crippen molar-refractivity contribution in [3.8, 4) is 11.1 Å². The molecular weight excluding hydrogens is 454 g/mol. The van der Waals surface area contributed by atoms with E-state index in [9.17, 15) is 9.90 Å². The van der Waals surface area contributed by atoms with Crippen molar-refractivity contribution in [2.24, 2.45) is 12.5 Å². The van der Waals surface area contributed by atoms with Crippen molar-refractivity contribution < 1.29 is 9.90 Å². The molecular formula is C24H26ClN7O2. The third kappa shape index (κ3) is 4.12. The van der Waals surface area contributed by atoms with E-state index in [1.54, 1.807) is 21.3 Å². The fourth-order valence-corrected chi connectivity index (χ4v) is 4.58. The van der Waals surface area contributed by atoms with E-state index in [1.807, 2.05) is 50.8 Å². The van der Waals surface area contributed by atoms with E-state index >= 15 is 0 Å². The average molecular weight is 480 g/mol. The number of hydrogen-bond acceptors (Lipinski definition) is 6. The molecule has 10 heteroatoms. The van der Waals surface area contributed by atoms with Crippen LogP contribution in [0, 0.1) is 5.41 Å². The summed E-state index contributed by atoms with van der Waals surface area (Å²) in [6.07, 6.45) is 7.69. The van der Waals surface area contributed by atoms with E-state index < -0.39 is 5.41 Å². The van der Waals surface area contributed by atoms with Crippen LogP contribution < -0.4 is 10.2 Å². The number of nitrogens with one attached hydrogen (secondary N) is 1. The molecule has 0 unspecified atom stereocenters. The predicted octanol–water partition coefficient (Wildman–Crippen LogP) is 2.85. The molecule has 1 aliphatic heterocycles. The number of hydrogen-bond donors (Lipinski definition) is 2. The lowest BCUT2D eigenvalue weighted by atomic mass is 9.80. The second-order valence-electron chi connectivity index (χ2n) is 9.05. The van der Waals surface area contributed by atoms with Gasteiger partial charge < -0.3 is 15.3 Å². The topological polar surface area (TPSA) is 101 Å². The molecule has 0 spiro atoms. The summed E-state index contributed by atoms with van der Waals surface area (Å²) < 4.78 is 3.57. The Hall–Kier alpha value is -3.43. The molecule has 0 radical (unpaired) electrons. The van der Waals surface area contributed by atoms with E-state index in [-0.39, 0.29) is 18.6 Å². The maximum absolute atomic E-state index is 13.2. The van der Waals surface area contributed by atoms with Crippen LogP contribution in [-0.2, 0) is 11.8 Å². The second kappa shape index (κ2) is 8.73. The summed E-state index contributed by atoms with van der Waals surface area (Å²) >= 11 is 6.00. The number of aliphatic hydroxyl groups excluding tert-OH is 1. The highest BCUT2D eigenvalue weighted by Crippen LogP contribution is 2.37. The van der Waals surface area contributed by atoms with Crippen molar-refractivity contribution in [1.82, 2.24) is 29.7 Å². The summed E-state index contributed by atoms with van der Waals surface area (Å²) in [5.41, 5.74) is 3.24. The van der Waals surface area contributed by atoms with Crippen LogP contribution in [0.15, 0.2) is 55.2 Å². The monoisotopic (exact) mass is 479 g/mol. The summed E-state index contributed by atoms with van der Waals surface area (Å²) in [5, 5.41) is 21.8. The number of halogens is 1. The number of fused-ring (bicyclic) bond motifs is 1. The maximum Gasteiger partial charge on any atom is 0.230 e. The molecule has 3 aromatic heterocycles. The molecule has 1 fully saturated rings. The van der Waals surface area contributed by atoms with E-state index in [0.717, 1.165) is 28.0 Å². The van der Waals surface area contributed by atoms with Crippen LogP contribution in [0.4, 0.5) is 5.82 Å². The Morgan fingerprint density at radius 1 is 1.21 bits per heavy atom. The second-order valence-corrected chi connectivity index (χ2v) is 9.49. The van der Waals surface area contributed by atoms with Gasteiger partial charge in [-0.2, -0.15) is 10.2 Å². The minimum atomic E-state index is -0.569. The molecule has 1 atom stereocenters. The number of aliphatic hydroxyl groups is 1. The third-order valence-electron chi connectivity index (χ3n) is 6.35. The number of benzene rings is 1. The van der Waals surface area contributed by atoms with Gasteiger partial charge in [-0.15, -0.1) is 0 Å². The highest BCUT2D eigenvalue weighted by molar-refractivity contribution is 6.30. The average Bonchev–Trinajstić information content (AvgIpc) is 3.43. The minimum Gasteiger partial charge on any atom is -0.396 e. The summed E-state index contributed by atoms with van der Waals surface area (Å²) in [5.74, 6) is 0.744. The summed E-state index contributed by atoms with van der Waals surface area (Å²) in [4.78, 5) is 19.8. The van der Waals surface area contributed by atoms with Gasteiger partial charge in [0.1, 0.15) is 11.8 Å². The first-order valence-corrected chi connectivity index (χ1v) is 11.5. The number of aryl methyl sites for hydroxylation is 1. The normalized spacial score (nSPS) is 15.8. The quantitative estimate of drug-likeness (QED) is 0.423. The third-order valence-corrected chi connectivity index (χ3v) is 6.60. The van der Waals surface area contributed by atoms with Gasteiger partial charge in [0.05, 0.1) is 17.7 Å². The zero-order chi connectivity index (χ0) is 23.9. The van der Waals surface area contributed by atoms with Crippen molar-refractivity contribution in [3.63, 3.8) is 0 Å². The first kappa shape index (κ1) is 22.4. The van der Waals surface area contributed by atoms with E-state index in [4.69, 9.17) is 11.6 Å². The van der Waals surface area contributed by atoms with Crippen LogP contribution in [0.25, 0.3) is 16.6 Å². The highest BCUT2D eigenvalue weighted by Gasteiger charge is 2.46. The van der Waals surface area contributed by atoms with E-state index in [1.165, 1.54) is 6.33 Å². The molecule has 34 heavy (non-hydrogen) atoms. The van der Waals surface area contributed by atoms with Crippen molar-refractivity contribution in [3.05, 3.63) is 65.8 Å². The lowest BCUT2D eigenvalue weighted by Crippen LogP contribution is -2.62. The van der Waals surface area contributed by atoms with Crippen molar-refractivity contribution in [2.45, 2.75) is 19.4 Å². The predicted molar refractivity (Wildman–Crippen MR) is 130 cm³/mol. The standard InChI is InChI=1S/C24H26ClN7O2/c1-24(23(34)29-20(7-8-33)16-3-5-19(25)6-4-16)13-31(14-24)22-21-9-17(12-32(21)28-15-26-22)18-10-27-30(2)11-18/h3-6,9-12,15,20,33H,7-8,13-14H2,1-2H3,(H,29,34)/t20-/m0/s1. The first-order chi connectivity index (χ1) is 16.4. The van der Waals surface area contributed by atoms with Crippen LogP contribution in [0.5, 0.6) is 0 Å². The van der Waals surface area contributed by atoms with Gasteiger partial charge in [-0.05, 0) is 37.1 Å². The Morgan fingerprint density at radius 2 is 1.97 bits per heavy atom. The molecule has 0 saturated carbocycles. The number of carbonyl (C=O) groups excluding carboxylic acids is 1. The number of nitrogens with zero attached hydrogens (tertiary/aromatic N) is 6. The van der Waals surface area contributed by atoms with Crippen LogP contribution in [-0.4, -0.2) is 55.1 Å². The summed E-state index contributed by atoms with van der Waals surface area (Å²) in [6.45, 7) is 2.99. The number of carbonyl (C=O) groups is 1. The molecule has 2 N–H and O–H groups in total. The lowest BCUT2D eigenvalue weighted by molar-refractivity contribution is -0.132. The maximum atomic E-state index is 13.2. The molecule has 0 bridgehead atoms. The Balaban J connectivity index is 1.32. The summed E-state index contributed by atoms with van der Waals surface area (Å²) in [6, 6.07) is 9.10. The summed E-state index contributed by atoms with van der Waals surface area (Å²) in [7, 11) is 1.88. The fraction of sp³-hybridized carbons (Fsp3) is 0.333. The smallest absolute Gasteiger partial charge is 0.230 e. The first-order valence-electron chi connectivity index (χ1n) is 11.1. The zero-order valence-electron chi connectivity index (χ0n) is 19.0. The molecule has 1 aliphatic rings. The molecule has 5 rings (SSSR count). The van der Waals surface area contributed by atoms with Gasteiger partial charge in [0.15, 0.2) is 5.82 Å². The lowest BCUT2D eigenvalue weighted by Gasteiger charge is -2.47. The van der Waals surface area contributed by atoms with Crippen molar-refractivity contribution >= 4 is 28.8 Å². The van der Waals surface area contributed by atoms with Gasteiger partial charge in [-0.1, -0.05) is 23.7 Å². The SMILES string of the molecule is Cn1cc(-c2cc3c(N4CC(C)(C(=O)N[C@@H](CCO)c5ccc(Cl)cc5)C4)ncnn3c2)cn1. The van der Waals surface area contributed by atoms with Gasteiger partial charge in [-0.3, -0.25) is 9.48 Å². The van der Waals surface area contributed by atoms with Gasteiger partial charge in [0.2, 0.25) is 5.91 Å². The van der Waals surface area contributed by atoms with Gasteiger partial charge in [0, 0.05) is 55.3 Å². The molecule has 9 nitrogen and oxygen atoms in total. The highest BCUT2D eigenvalue weighted by atomic mass is 35.5. The number of anilines is 1. The van der Waals surface area contributed by atoms with E-state index in [0.29, 0.717) is 24.5 Å². The van der Waals surface area contributed by atoms with Crippen LogP contribution in [0.3, 0.4) is 0 Å². The van der Waals surface area contributed by atoms with Gasteiger partial charge in [0.25, 0.3) is 0 Å². The van der Waals surface area contributed by atoms with Crippen LogP contribution in [0.2, 0.25) is 5.02 Å². The molecule has 4 aromatic rings. The minimum absolute atomic E-state index is 0.0250. The molecule has 0 aliphatic carbocycles. The molecule has 4 heterocycles.